The average Bonchev–Trinajstić information content (AvgIpc) is 2.46. The number of nitrogens with zero attached hydrogens (tertiary/aromatic N) is 1. The third kappa shape index (κ3) is 3.15. The molecule has 0 aromatic heterocycles. The predicted molar refractivity (Wildman–Crippen MR) is 80.0 cm³/mol. The first-order valence-electron chi connectivity index (χ1n) is 6.15. The zero-order valence-electron chi connectivity index (χ0n) is 11.3. The van der Waals surface area contributed by atoms with Crippen LogP contribution >= 0.6 is 0 Å². The number of hydrazine groups is 1. The van der Waals surface area contributed by atoms with Crippen molar-refractivity contribution in [1.29, 1.82) is 0 Å². The number of nitro benzene ring substituents is 1. The van der Waals surface area contributed by atoms with Crippen molar-refractivity contribution in [3.8, 4) is 0 Å². The maximum atomic E-state index is 12.3. The molecule has 1 amide bonds. The van der Waals surface area contributed by atoms with Gasteiger partial charge in [0, 0.05) is 11.8 Å². The molecule has 0 heterocycles. The molecule has 4 N–H and O–H groups in total. The maximum absolute atomic E-state index is 12.3. The summed E-state index contributed by atoms with van der Waals surface area (Å²) in [6.07, 6.45) is 0. The fourth-order valence-electron chi connectivity index (χ4n) is 1.95. The van der Waals surface area contributed by atoms with Crippen molar-refractivity contribution in [3.63, 3.8) is 0 Å². The van der Waals surface area contributed by atoms with E-state index in [1.807, 2.05) is 13.0 Å². The molecule has 0 radical (unpaired) electrons. The molecule has 0 fully saturated rings. The van der Waals surface area contributed by atoms with Crippen LogP contribution in [0.5, 0.6) is 0 Å². The maximum Gasteiger partial charge on any atom is 0.294 e. The molecule has 0 aliphatic rings. The molecule has 2 aromatic rings. The van der Waals surface area contributed by atoms with Gasteiger partial charge in [0.05, 0.1) is 10.5 Å². The third-order valence-corrected chi connectivity index (χ3v) is 2.90. The second-order valence-corrected chi connectivity index (χ2v) is 4.42. The monoisotopic (exact) mass is 286 g/mol. The molecule has 0 aliphatic heterocycles. The average molecular weight is 286 g/mol. The van der Waals surface area contributed by atoms with Gasteiger partial charge in [-0.1, -0.05) is 18.2 Å². The van der Waals surface area contributed by atoms with Gasteiger partial charge in [0.15, 0.2) is 0 Å². The number of nitrogen functional groups attached to an aromatic ring is 1. The highest BCUT2D eigenvalue weighted by Crippen LogP contribution is 2.28. The lowest BCUT2D eigenvalue weighted by Crippen LogP contribution is -2.18. The Hall–Kier alpha value is -2.93. The standard InChI is InChI=1S/C14H14N4O3/c1-9-4-2-5-10(8-9)16-14(19)11-6-3-7-12(18(20)21)13(11)17-15/h2-8,17H,15H2,1H3,(H,16,19). The van der Waals surface area contributed by atoms with Gasteiger partial charge in [-0.25, -0.2) is 0 Å². The van der Waals surface area contributed by atoms with Gasteiger partial charge in [-0.3, -0.25) is 20.8 Å². The van der Waals surface area contributed by atoms with E-state index in [-0.39, 0.29) is 16.9 Å². The Morgan fingerprint density at radius 2 is 1.95 bits per heavy atom. The number of hydrogen-bond donors (Lipinski definition) is 3. The zero-order valence-corrected chi connectivity index (χ0v) is 11.3. The lowest BCUT2D eigenvalue weighted by Gasteiger charge is -2.10. The highest BCUT2D eigenvalue weighted by molar-refractivity contribution is 6.09. The van der Waals surface area contributed by atoms with E-state index in [0.717, 1.165) is 5.56 Å². The number of nitrogens with one attached hydrogen (secondary N) is 2. The number of carbonyl (C=O) groups is 1. The summed E-state index contributed by atoms with van der Waals surface area (Å²) in [7, 11) is 0. The fourth-order valence-corrected chi connectivity index (χ4v) is 1.95. The minimum atomic E-state index is -0.599. The van der Waals surface area contributed by atoms with Gasteiger partial charge in [-0.05, 0) is 30.7 Å². The molecule has 2 aromatic carbocycles. The van der Waals surface area contributed by atoms with Crippen molar-refractivity contribution in [3.05, 3.63) is 63.7 Å². The van der Waals surface area contributed by atoms with E-state index in [1.54, 1.807) is 18.2 Å². The first kappa shape index (κ1) is 14.5. The molecule has 0 saturated heterocycles. The molecule has 7 nitrogen and oxygen atoms in total. The summed E-state index contributed by atoms with van der Waals surface area (Å²) < 4.78 is 0. The van der Waals surface area contributed by atoms with Crippen LogP contribution in [0.3, 0.4) is 0 Å². The summed E-state index contributed by atoms with van der Waals surface area (Å²) in [4.78, 5) is 22.6. The van der Waals surface area contributed by atoms with Crippen molar-refractivity contribution in [2.45, 2.75) is 6.92 Å². The quantitative estimate of drug-likeness (QED) is 0.454. The number of anilines is 2. The molecule has 108 valence electrons. The van der Waals surface area contributed by atoms with Crippen LogP contribution in [0.25, 0.3) is 0 Å². The molecular formula is C14H14N4O3. The molecular weight excluding hydrogens is 272 g/mol. The SMILES string of the molecule is Cc1cccc(NC(=O)c2cccc([N+](=O)[O-])c2NN)c1. The number of carbonyl (C=O) groups excluding carboxylic acids is 1. The molecule has 0 bridgehead atoms. The number of rotatable bonds is 4. The van der Waals surface area contributed by atoms with Gasteiger partial charge in [0.1, 0.15) is 5.69 Å². The Balaban J connectivity index is 2.35. The Kier molecular flexibility index (Phi) is 4.15. The van der Waals surface area contributed by atoms with E-state index < -0.39 is 10.8 Å². The predicted octanol–water partition coefficient (Wildman–Crippen LogP) is 2.44. The minimum absolute atomic E-state index is 0.0207. The second-order valence-electron chi connectivity index (χ2n) is 4.42. The fraction of sp³-hybridized carbons (Fsp3) is 0.0714. The molecule has 2 rings (SSSR count). The number of hydrogen-bond acceptors (Lipinski definition) is 5. The Morgan fingerprint density at radius 1 is 1.24 bits per heavy atom. The highest BCUT2D eigenvalue weighted by Gasteiger charge is 2.20. The van der Waals surface area contributed by atoms with E-state index in [0.29, 0.717) is 5.69 Å². The van der Waals surface area contributed by atoms with Gasteiger partial charge in [-0.15, -0.1) is 0 Å². The van der Waals surface area contributed by atoms with E-state index in [1.165, 1.54) is 18.2 Å². The van der Waals surface area contributed by atoms with Crippen molar-refractivity contribution < 1.29 is 9.72 Å². The molecule has 0 saturated carbocycles. The van der Waals surface area contributed by atoms with Crippen molar-refractivity contribution >= 4 is 23.0 Å². The summed E-state index contributed by atoms with van der Waals surface area (Å²) in [6, 6.07) is 11.4. The Labute approximate surface area is 120 Å². The first-order valence-corrected chi connectivity index (χ1v) is 6.15. The van der Waals surface area contributed by atoms with E-state index in [2.05, 4.69) is 10.7 Å². The van der Waals surface area contributed by atoms with E-state index in [4.69, 9.17) is 5.84 Å². The molecule has 21 heavy (non-hydrogen) atoms. The van der Waals surface area contributed by atoms with E-state index in [9.17, 15) is 14.9 Å². The Morgan fingerprint density at radius 3 is 2.57 bits per heavy atom. The number of amides is 1. The number of benzene rings is 2. The van der Waals surface area contributed by atoms with Gasteiger partial charge in [0.2, 0.25) is 0 Å². The van der Waals surface area contributed by atoms with Gasteiger partial charge in [-0.2, -0.15) is 0 Å². The molecule has 0 aliphatic carbocycles. The minimum Gasteiger partial charge on any atom is -0.322 e. The topological polar surface area (TPSA) is 110 Å². The zero-order chi connectivity index (χ0) is 15.4. The van der Waals surface area contributed by atoms with Crippen LogP contribution in [0.2, 0.25) is 0 Å². The van der Waals surface area contributed by atoms with Crippen molar-refractivity contribution in [1.82, 2.24) is 0 Å². The summed E-state index contributed by atoms with van der Waals surface area (Å²) in [5.74, 6) is 4.84. The van der Waals surface area contributed by atoms with Crippen LogP contribution in [-0.4, -0.2) is 10.8 Å². The van der Waals surface area contributed by atoms with Crippen LogP contribution in [0.4, 0.5) is 17.1 Å². The smallest absolute Gasteiger partial charge is 0.294 e. The second kappa shape index (κ2) is 6.02. The normalized spacial score (nSPS) is 10.0. The number of nitrogens with two attached hydrogens (primary N) is 1. The van der Waals surface area contributed by atoms with Crippen LogP contribution < -0.4 is 16.6 Å². The third-order valence-electron chi connectivity index (χ3n) is 2.90. The highest BCUT2D eigenvalue weighted by atomic mass is 16.6. The largest absolute Gasteiger partial charge is 0.322 e. The Bertz CT molecular complexity index is 700. The van der Waals surface area contributed by atoms with E-state index >= 15 is 0 Å². The lowest BCUT2D eigenvalue weighted by molar-refractivity contribution is -0.384. The molecule has 7 heteroatoms. The summed E-state index contributed by atoms with van der Waals surface area (Å²) in [5.41, 5.74) is 3.65. The molecule has 0 spiro atoms. The summed E-state index contributed by atoms with van der Waals surface area (Å²) in [5, 5.41) is 13.6. The van der Waals surface area contributed by atoms with Crippen LogP contribution in [0.1, 0.15) is 15.9 Å². The molecule has 0 atom stereocenters. The number of aryl methyl sites for hydroxylation is 1. The van der Waals surface area contributed by atoms with Crippen LogP contribution in [0, 0.1) is 17.0 Å². The first-order chi connectivity index (χ1) is 10.0. The lowest BCUT2D eigenvalue weighted by atomic mass is 10.1. The van der Waals surface area contributed by atoms with Gasteiger partial charge in [0.25, 0.3) is 11.6 Å². The van der Waals surface area contributed by atoms with Crippen LogP contribution in [0.15, 0.2) is 42.5 Å². The molecule has 0 unspecified atom stereocenters. The van der Waals surface area contributed by atoms with Gasteiger partial charge >= 0.3 is 0 Å². The van der Waals surface area contributed by atoms with Crippen molar-refractivity contribution in [2.75, 3.05) is 10.7 Å². The van der Waals surface area contributed by atoms with Crippen LogP contribution in [-0.2, 0) is 0 Å². The number of nitro groups is 1. The summed E-state index contributed by atoms with van der Waals surface area (Å²) >= 11 is 0. The van der Waals surface area contributed by atoms with Gasteiger partial charge < -0.3 is 10.7 Å². The van der Waals surface area contributed by atoms with Crippen molar-refractivity contribution in [2.24, 2.45) is 5.84 Å². The summed E-state index contributed by atoms with van der Waals surface area (Å²) in [6.45, 7) is 1.90. The number of para-hydroxylation sites is 1.